The third-order valence-corrected chi connectivity index (χ3v) is 5.30. The molecular weight excluding hydrogens is 388 g/mol. The molecule has 0 bridgehead atoms. The van der Waals surface area contributed by atoms with Gasteiger partial charge in [-0.2, -0.15) is 0 Å². The van der Waals surface area contributed by atoms with E-state index in [1.165, 1.54) is 14.2 Å². The zero-order valence-corrected chi connectivity index (χ0v) is 17.0. The minimum absolute atomic E-state index is 0.0373. The maximum absolute atomic E-state index is 12.5. The molecular formula is C18H22N2O7S. The predicted octanol–water partition coefficient (Wildman–Crippen LogP) is 2.26. The number of aromatic amines is 1. The lowest BCUT2D eigenvalue weighted by atomic mass is 10.1. The minimum atomic E-state index is -0.758. The summed E-state index contributed by atoms with van der Waals surface area (Å²) in [5.41, 5.74) is 7.91. The molecule has 0 amide bonds. The maximum atomic E-state index is 12.5. The SMILES string of the molecule is COC(=O)c1sc(N)c(C(=O)OC)c1COC(=O)c1[nH]c(C)c([C@H](C)O)c1C. The number of hydrogen-bond donors (Lipinski definition) is 3. The molecule has 1 atom stereocenters. The van der Waals surface area contributed by atoms with Crippen molar-refractivity contribution in [2.45, 2.75) is 33.5 Å². The average molecular weight is 410 g/mol. The summed E-state index contributed by atoms with van der Waals surface area (Å²) in [5, 5.41) is 9.91. The quantitative estimate of drug-likeness (QED) is 0.486. The Morgan fingerprint density at radius 1 is 1.14 bits per heavy atom. The number of nitrogen functional groups attached to an aromatic ring is 1. The van der Waals surface area contributed by atoms with Gasteiger partial charge in [0, 0.05) is 16.8 Å². The first-order valence-electron chi connectivity index (χ1n) is 8.25. The van der Waals surface area contributed by atoms with Gasteiger partial charge in [-0.3, -0.25) is 0 Å². The molecule has 0 fully saturated rings. The van der Waals surface area contributed by atoms with E-state index in [1.54, 1.807) is 20.8 Å². The van der Waals surface area contributed by atoms with Gasteiger partial charge in [-0.25, -0.2) is 14.4 Å². The molecule has 2 aromatic rings. The molecule has 0 unspecified atom stereocenters. The zero-order chi connectivity index (χ0) is 21.2. The van der Waals surface area contributed by atoms with Crippen molar-refractivity contribution in [1.29, 1.82) is 0 Å². The summed E-state index contributed by atoms with van der Waals surface area (Å²) in [7, 11) is 2.37. The fraction of sp³-hybridized carbons (Fsp3) is 0.389. The zero-order valence-electron chi connectivity index (χ0n) is 16.2. The van der Waals surface area contributed by atoms with Crippen LogP contribution in [0.5, 0.6) is 0 Å². The van der Waals surface area contributed by atoms with Crippen molar-refractivity contribution in [3.05, 3.63) is 38.5 Å². The summed E-state index contributed by atoms with van der Waals surface area (Å²) < 4.78 is 14.7. The molecule has 0 aliphatic heterocycles. The highest BCUT2D eigenvalue weighted by Crippen LogP contribution is 2.33. The lowest BCUT2D eigenvalue weighted by Crippen LogP contribution is -2.13. The number of methoxy groups -OCH3 is 2. The number of aliphatic hydroxyl groups excluding tert-OH is 1. The first-order chi connectivity index (χ1) is 13.1. The molecule has 152 valence electrons. The van der Waals surface area contributed by atoms with Crippen LogP contribution in [0.4, 0.5) is 5.00 Å². The number of aryl methyl sites for hydroxylation is 1. The summed E-state index contributed by atoms with van der Waals surface area (Å²) >= 11 is 0.849. The van der Waals surface area contributed by atoms with Crippen LogP contribution in [0.15, 0.2) is 0 Å². The molecule has 0 aliphatic carbocycles. The largest absolute Gasteiger partial charge is 0.465 e. The second-order valence-corrected chi connectivity index (χ2v) is 7.10. The first kappa shape index (κ1) is 21.5. The number of aliphatic hydroxyl groups is 1. The van der Waals surface area contributed by atoms with Crippen molar-refractivity contribution in [1.82, 2.24) is 4.98 Å². The summed E-state index contributed by atoms with van der Waals surface area (Å²) in [4.78, 5) is 39.5. The van der Waals surface area contributed by atoms with Gasteiger partial charge in [-0.15, -0.1) is 11.3 Å². The second kappa shape index (κ2) is 8.44. The number of rotatable bonds is 6. The monoisotopic (exact) mass is 410 g/mol. The van der Waals surface area contributed by atoms with Gasteiger partial charge < -0.3 is 30.0 Å². The Bertz CT molecular complexity index is 927. The van der Waals surface area contributed by atoms with Crippen LogP contribution < -0.4 is 5.73 Å². The van der Waals surface area contributed by atoms with Gasteiger partial charge in [-0.05, 0) is 26.3 Å². The van der Waals surface area contributed by atoms with Crippen LogP contribution in [0.3, 0.4) is 0 Å². The summed E-state index contributed by atoms with van der Waals surface area (Å²) in [6.07, 6.45) is -0.758. The standard InChI is InChI=1S/C18H22N2O7S/c1-7-11(9(3)21)8(2)20-13(7)17(23)27-6-10-12(16(22)25-4)15(19)28-14(10)18(24)26-5/h9,20-21H,6,19H2,1-5H3/t9-/m0/s1. The summed E-state index contributed by atoms with van der Waals surface area (Å²) in [5.74, 6) is -2.16. The molecule has 10 heteroatoms. The number of carbonyl (C=O) groups is 3. The van der Waals surface area contributed by atoms with Gasteiger partial charge in [0.05, 0.1) is 20.3 Å². The number of ether oxygens (including phenoxy) is 3. The number of anilines is 1. The molecule has 0 aliphatic rings. The molecule has 0 saturated carbocycles. The lowest BCUT2D eigenvalue weighted by molar-refractivity contribution is 0.0446. The highest BCUT2D eigenvalue weighted by molar-refractivity contribution is 7.18. The van der Waals surface area contributed by atoms with Crippen molar-refractivity contribution >= 4 is 34.2 Å². The van der Waals surface area contributed by atoms with Gasteiger partial charge in [0.15, 0.2) is 0 Å². The van der Waals surface area contributed by atoms with E-state index in [1.807, 2.05) is 0 Å². The molecule has 0 radical (unpaired) electrons. The van der Waals surface area contributed by atoms with E-state index in [-0.39, 0.29) is 33.3 Å². The van der Waals surface area contributed by atoms with Gasteiger partial charge >= 0.3 is 17.9 Å². The topological polar surface area (TPSA) is 141 Å². The molecule has 0 saturated heterocycles. The number of thiophene rings is 1. The smallest absolute Gasteiger partial charge is 0.355 e. The normalized spacial score (nSPS) is 11.8. The average Bonchev–Trinajstić information content (AvgIpc) is 3.14. The Labute approximate surface area is 165 Å². The molecule has 2 aromatic heterocycles. The van der Waals surface area contributed by atoms with Crippen molar-refractivity contribution in [2.75, 3.05) is 20.0 Å². The van der Waals surface area contributed by atoms with Gasteiger partial charge in [0.25, 0.3) is 0 Å². The van der Waals surface area contributed by atoms with Crippen LogP contribution in [0.2, 0.25) is 0 Å². The van der Waals surface area contributed by atoms with Gasteiger partial charge in [0.1, 0.15) is 27.7 Å². The van der Waals surface area contributed by atoms with E-state index < -0.39 is 24.0 Å². The summed E-state index contributed by atoms with van der Waals surface area (Å²) in [6.45, 7) is 4.63. The molecule has 0 spiro atoms. The van der Waals surface area contributed by atoms with Gasteiger partial charge in [-0.1, -0.05) is 0 Å². The molecule has 0 aromatic carbocycles. The van der Waals surface area contributed by atoms with Crippen LogP contribution in [-0.2, 0) is 20.8 Å². The number of hydrogen-bond acceptors (Lipinski definition) is 9. The van der Waals surface area contributed by atoms with Crippen LogP contribution in [0, 0.1) is 13.8 Å². The third-order valence-electron chi connectivity index (χ3n) is 4.26. The highest BCUT2D eigenvalue weighted by Gasteiger charge is 2.29. The van der Waals surface area contributed by atoms with Crippen molar-refractivity contribution in [2.24, 2.45) is 0 Å². The maximum Gasteiger partial charge on any atom is 0.355 e. The van der Waals surface area contributed by atoms with E-state index in [2.05, 4.69) is 4.98 Å². The van der Waals surface area contributed by atoms with E-state index in [0.717, 1.165) is 11.3 Å². The minimum Gasteiger partial charge on any atom is -0.465 e. The number of nitrogens with two attached hydrogens (primary N) is 1. The summed E-state index contributed by atoms with van der Waals surface area (Å²) in [6, 6.07) is 0. The molecule has 28 heavy (non-hydrogen) atoms. The molecule has 2 heterocycles. The number of H-pyrrole nitrogens is 1. The van der Waals surface area contributed by atoms with E-state index >= 15 is 0 Å². The number of aromatic nitrogens is 1. The Hall–Kier alpha value is -2.85. The van der Waals surface area contributed by atoms with Crippen LogP contribution in [-0.4, -0.2) is 42.2 Å². The Balaban J connectivity index is 2.36. The Morgan fingerprint density at radius 2 is 1.75 bits per heavy atom. The molecule has 9 nitrogen and oxygen atoms in total. The van der Waals surface area contributed by atoms with Crippen LogP contribution >= 0.6 is 11.3 Å². The van der Waals surface area contributed by atoms with E-state index in [4.69, 9.17) is 19.9 Å². The number of esters is 3. The van der Waals surface area contributed by atoms with Crippen LogP contribution in [0.1, 0.15) is 65.9 Å². The Morgan fingerprint density at radius 3 is 2.25 bits per heavy atom. The second-order valence-electron chi connectivity index (χ2n) is 6.05. The van der Waals surface area contributed by atoms with Crippen molar-refractivity contribution in [3.8, 4) is 0 Å². The Kier molecular flexibility index (Phi) is 6.47. The third kappa shape index (κ3) is 3.87. The lowest BCUT2D eigenvalue weighted by Gasteiger charge is -2.08. The predicted molar refractivity (Wildman–Crippen MR) is 101 cm³/mol. The number of carbonyl (C=O) groups excluding carboxylic acids is 3. The fourth-order valence-corrected chi connectivity index (χ4v) is 3.99. The van der Waals surface area contributed by atoms with Crippen LogP contribution in [0.25, 0.3) is 0 Å². The van der Waals surface area contributed by atoms with Gasteiger partial charge in [0.2, 0.25) is 0 Å². The van der Waals surface area contributed by atoms with E-state index in [0.29, 0.717) is 16.8 Å². The molecule has 2 rings (SSSR count). The number of nitrogens with one attached hydrogen (secondary N) is 1. The fourth-order valence-electron chi connectivity index (χ4n) is 3.01. The highest BCUT2D eigenvalue weighted by atomic mass is 32.1. The van der Waals surface area contributed by atoms with E-state index in [9.17, 15) is 19.5 Å². The van der Waals surface area contributed by atoms with Crippen molar-refractivity contribution < 1.29 is 33.7 Å². The first-order valence-corrected chi connectivity index (χ1v) is 9.07. The molecule has 4 N–H and O–H groups in total. The van der Waals surface area contributed by atoms with Crippen molar-refractivity contribution in [3.63, 3.8) is 0 Å².